The van der Waals surface area contributed by atoms with Crippen molar-refractivity contribution in [3.8, 4) is 5.75 Å². The Kier molecular flexibility index (Phi) is 9.93. The predicted molar refractivity (Wildman–Crippen MR) is 68.1 cm³/mol. The van der Waals surface area contributed by atoms with Gasteiger partial charge in [-0.3, -0.25) is 0 Å². The summed E-state index contributed by atoms with van der Waals surface area (Å²) in [5, 5.41) is 0. The molecule has 0 atom stereocenters. The zero-order valence-corrected chi connectivity index (χ0v) is 10.4. The minimum atomic E-state index is 0. The third-order valence-corrected chi connectivity index (χ3v) is 1.99. The van der Waals surface area contributed by atoms with E-state index in [1.165, 1.54) is 0 Å². The highest BCUT2D eigenvalue weighted by Gasteiger charge is 2.02. The topological polar surface area (TPSA) is 61.3 Å². The van der Waals surface area contributed by atoms with Crippen molar-refractivity contribution in [2.45, 2.75) is 13.0 Å². The van der Waals surface area contributed by atoms with Gasteiger partial charge < -0.3 is 16.2 Å². The van der Waals surface area contributed by atoms with Crippen molar-refractivity contribution in [3.63, 3.8) is 0 Å². The zero-order valence-electron chi connectivity index (χ0n) is 8.73. The first-order valence-corrected chi connectivity index (χ1v) is 4.37. The zero-order chi connectivity index (χ0) is 9.68. The van der Waals surface area contributed by atoms with E-state index in [-0.39, 0.29) is 24.8 Å². The number of ether oxygens (including phenoxy) is 1. The number of hydrogen-bond donors (Lipinski definition) is 2. The van der Waals surface area contributed by atoms with Crippen molar-refractivity contribution in [2.75, 3.05) is 13.7 Å². The molecule has 0 unspecified atom stereocenters. The lowest BCUT2D eigenvalue weighted by atomic mass is 10.1. The fourth-order valence-corrected chi connectivity index (χ4v) is 1.31. The van der Waals surface area contributed by atoms with Crippen molar-refractivity contribution in [1.82, 2.24) is 0 Å². The van der Waals surface area contributed by atoms with E-state index >= 15 is 0 Å². The number of methoxy groups -OCH3 is 1. The maximum atomic E-state index is 5.53. The highest BCUT2D eigenvalue weighted by molar-refractivity contribution is 5.85. The Balaban J connectivity index is 0. The monoisotopic (exact) mass is 252 g/mol. The lowest BCUT2D eigenvalue weighted by molar-refractivity contribution is 0.409. The van der Waals surface area contributed by atoms with Crippen LogP contribution >= 0.6 is 24.8 Å². The molecule has 0 aliphatic rings. The number of hydrogen-bond acceptors (Lipinski definition) is 3. The maximum absolute atomic E-state index is 5.53. The van der Waals surface area contributed by atoms with E-state index in [0.717, 1.165) is 23.3 Å². The molecule has 1 rings (SSSR count). The van der Waals surface area contributed by atoms with Crippen LogP contribution in [0.25, 0.3) is 0 Å². The summed E-state index contributed by atoms with van der Waals surface area (Å²) in [6.45, 7) is 1.19. The SMILES string of the molecule is COc1ccc(CN)cc1CCN.Cl.Cl. The van der Waals surface area contributed by atoms with Crippen molar-refractivity contribution in [2.24, 2.45) is 11.5 Å². The molecule has 0 fully saturated rings. The van der Waals surface area contributed by atoms with Crippen LogP contribution in [0.5, 0.6) is 5.75 Å². The minimum Gasteiger partial charge on any atom is -0.496 e. The molecule has 0 saturated carbocycles. The van der Waals surface area contributed by atoms with Crippen LogP contribution in [0.3, 0.4) is 0 Å². The molecule has 0 amide bonds. The Hall–Kier alpha value is -0.480. The van der Waals surface area contributed by atoms with Gasteiger partial charge in [0, 0.05) is 6.54 Å². The number of nitrogens with two attached hydrogens (primary N) is 2. The lowest BCUT2D eigenvalue weighted by Gasteiger charge is -2.08. The van der Waals surface area contributed by atoms with Crippen LogP contribution in [-0.2, 0) is 13.0 Å². The third kappa shape index (κ3) is 4.71. The van der Waals surface area contributed by atoms with E-state index in [4.69, 9.17) is 16.2 Å². The van der Waals surface area contributed by atoms with E-state index in [0.29, 0.717) is 13.1 Å². The number of halogens is 2. The third-order valence-electron chi connectivity index (χ3n) is 1.99. The van der Waals surface area contributed by atoms with E-state index in [1.807, 2.05) is 18.2 Å². The van der Waals surface area contributed by atoms with Gasteiger partial charge >= 0.3 is 0 Å². The van der Waals surface area contributed by atoms with Crippen molar-refractivity contribution < 1.29 is 4.74 Å². The summed E-state index contributed by atoms with van der Waals surface area (Å²) in [5.41, 5.74) is 13.3. The Bertz CT molecular complexity index is 282. The minimum absolute atomic E-state index is 0. The lowest BCUT2D eigenvalue weighted by Crippen LogP contribution is -2.05. The van der Waals surface area contributed by atoms with Crippen LogP contribution in [0, 0.1) is 0 Å². The summed E-state index contributed by atoms with van der Waals surface area (Å²) in [4.78, 5) is 0. The second kappa shape index (κ2) is 8.80. The van der Waals surface area contributed by atoms with Gasteiger partial charge in [-0.2, -0.15) is 0 Å². The number of benzene rings is 1. The molecule has 4 N–H and O–H groups in total. The van der Waals surface area contributed by atoms with E-state index < -0.39 is 0 Å². The fraction of sp³-hybridized carbons (Fsp3) is 0.400. The Morgan fingerprint density at radius 2 is 1.87 bits per heavy atom. The highest BCUT2D eigenvalue weighted by atomic mass is 35.5. The van der Waals surface area contributed by atoms with Gasteiger partial charge in [-0.25, -0.2) is 0 Å². The molecule has 1 aromatic carbocycles. The first-order chi connectivity index (χ1) is 6.31. The normalized spacial score (nSPS) is 8.73. The van der Waals surface area contributed by atoms with Gasteiger partial charge in [0.25, 0.3) is 0 Å². The molecule has 0 bridgehead atoms. The molecule has 0 aromatic heterocycles. The van der Waals surface area contributed by atoms with Crippen LogP contribution in [0.2, 0.25) is 0 Å². The van der Waals surface area contributed by atoms with Gasteiger partial charge in [0.1, 0.15) is 5.75 Å². The Labute approximate surface area is 103 Å². The van der Waals surface area contributed by atoms with Gasteiger partial charge in [0.2, 0.25) is 0 Å². The van der Waals surface area contributed by atoms with Gasteiger partial charge in [-0.15, -0.1) is 24.8 Å². The Morgan fingerprint density at radius 3 is 2.33 bits per heavy atom. The largest absolute Gasteiger partial charge is 0.496 e. The molecule has 3 nitrogen and oxygen atoms in total. The molecule has 0 aliphatic heterocycles. The van der Waals surface area contributed by atoms with Gasteiger partial charge in [-0.1, -0.05) is 12.1 Å². The molecular formula is C10H18Cl2N2O. The first-order valence-electron chi connectivity index (χ1n) is 4.37. The molecule has 0 spiro atoms. The fourth-order valence-electron chi connectivity index (χ4n) is 1.31. The number of rotatable bonds is 4. The summed E-state index contributed by atoms with van der Waals surface area (Å²) >= 11 is 0. The molecule has 0 saturated heterocycles. The van der Waals surface area contributed by atoms with E-state index in [2.05, 4.69) is 0 Å². The summed E-state index contributed by atoms with van der Waals surface area (Å²) in [6.07, 6.45) is 0.830. The molecule has 15 heavy (non-hydrogen) atoms. The average Bonchev–Trinajstić information content (AvgIpc) is 2.18. The molecule has 1 aromatic rings. The summed E-state index contributed by atoms with van der Waals surface area (Å²) in [6, 6.07) is 5.96. The van der Waals surface area contributed by atoms with E-state index in [1.54, 1.807) is 7.11 Å². The summed E-state index contributed by atoms with van der Waals surface area (Å²) in [5.74, 6) is 0.891. The predicted octanol–water partition coefficient (Wildman–Crippen LogP) is 1.50. The summed E-state index contributed by atoms with van der Waals surface area (Å²) < 4.78 is 5.20. The van der Waals surface area contributed by atoms with Gasteiger partial charge in [-0.05, 0) is 30.2 Å². The van der Waals surface area contributed by atoms with Crippen LogP contribution in [-0.4, -0.2) is 13.7 Å². The maximum Gasteiger partial charge on any atom is 0.122 e. The van der Waals surface area contributed by atoms with Crippen molar-refractivity contribution >= 4 is 24.8 Å². The standard InChI is InChI=1S/C10H16N2O.2ClH/c1-13-10-3-2-8(7-12)6-9(10)4-5-11;;/h2-3,6H,4-5,7,11-12H2,1H3;2*1H. The van der Waals surface area contributed by atoms with Crippen molar-refractivity contribution in [1.29, 1.82) is 0 Å². The van der Waals surface area contributed by atoms with Crippen LogP contribution in [0.4, 0.5) is 0 Å². The second-order valence-electron chi connectivity index (χ2n) is 2.89. The quantitative estimate of drug-likeness (QED) is 0.854. The van der Waals surface area contributed by atoms with Gasteiger partial charge in [0.15, 0.2) is 0 Å². The second-order valence-corrected chi connectivity index (χ2v) is 2.89. The highest BCUT2D eigenvalue weighted by Crippen LogP contribution is 2.19. The molecule has 88 valence electrons. The molecule has 0 aliphatic carbocycles. The molecule has 0 radical (unpaired) electrons. The Morgan fingerprint density at radius 1 is 1.20 bits per heavy atom. The molecule has 5 heteroatoms. The smallest absolute Gasteiger partial charge is 0.122 e. The molecule has 0 heterocycles. The van der Waals surface area contributed by atoms with Crippen LogP contribution in [0.15, 0.2) is 18.2 Å². The van der Waals surface area contributed by atoms with E-state index in [9.17, 15) is 0 Å². The first kappa shape index (κ1) is 16.9. The van der Waals surface area contributed by atoms with Crippen LogP contribution in [0.1, 0.15) is 11.1 Å². The van der Waals surface area contributed by atoms with Crippen LogP contribution < -0.4 is 16.2 Å². The average molecular weight is 253 g/mol. The van der Waals surface area contributed by atoms with Crippen molar-refractivity contribution in [3.05, 3.63) is 29.3 Å². The molecular weight excluding hydrogens is 235 g/mol. The summed E-state index contributed by atoms with van der Waals surface area (Å²) in [7, 11) is 1.66. The van der Waals surface area contributed by atoms with Gasteiger partial charge in [0.05, 0.1) is 7.11 Å².